The van der Waals surface area contributed by atoms with Gasteiger partial charge in [-0.2, -0.15) is 0 Å². The van der Waals surface area contributed by atoms with Crippen LogP contribution in [-0.2, 0) is 0 Å². The predicted molar refractivity (Wildman–Crippen MR) is 99.5 cm³/mol. The Balaban J connectivity index is 0. The molecule has 0 aromatic carbocycles. The summed E-state index contributed by atoms with van der Waals surface area (Å²) in [7, 11) is 0. The van der Waals surface area contributed by atoms with E-state index >= 15 is 0 Å². The van der Waals surface area contributed by atoms with Crippen molar-refractivity contribution in [2.75, 3.05) is 6.61 Å². The van der Waals surface area contributed by atoms with Gasteiger partial charge < -0.3 is 10.2 Å². The molecular weight excluding hydrogens is 272 g/mol. The molecule has 0 atom stereocenters. The maximum Gasteiger partial charge on any atom is 0.0719 e. The standard InChI is InChI=1S/C18H38O.C2H4O/c1-2-3-4-5-6-7-8-9-10-11-12-13-14-15-16-17-18-19;1-2-3/h19H,2-18H2,1H3;2-3H,1H2. The van der Waals surface area contributed by atoms with E-state index in [-0.39, 0.29) is 0 Å². The first-order valence-corrected chi connectivity index (χ1v) is 9.69. The average Bonchev–Trinajstić information content (AvgIpc) is 2.52. The minimum absolute atomic E-state index is 0.373. The van der Waals surface area contributed by atoms with Gasteiger partial charge in [-0.25, -0.2) is 0 Å². The molecule has 0 aliphatic rings. The van der Waals surface area contributed by atoms with E-state index in [4.69, 9.17) is 10.2 Å². The molecule has 0 unspecified atom stereocenters. The topological polar surface area (TPSA) is 40.5 Å². The van der Waals surface area contributed by atoms with Crippen molar-refractivity contribution in [2.45, 2.75) is 110 Å². The second kappa shape index (κ2) is 25.5. The van der Waals surface area contributed by atoms with Crippen molar-refractivity contribution < 1.29 is 10.2 Å². The summed E-state index contributed by atoms with van der Waals surface area (Å²) < 4.78 is 0. The molecule has 0 saturated heterocycles. The summed E-state index contributed by atoms with van der Waals surface area (Å²) in [5.74, 6) is 0. The van der Waals surface area contributed by atoms with Crippen LogP contribution >= 0.6 is 0 Å². The average molecular weight is 315 g/mol. The SMILES string of the molecule is C=CO.CCCCCCCCCCCCCCCCCCO. The largest absolute Gasteiger partial charge is 0.516 e. The van der Waals surface area contributed by atoms with Crippen molar-refractivity contribution in [1.82, 2.24) is 0 Å². The summed E-state index contributed by atoms with van der Waals surface area (Å²) in [6.45, 7) is 5.57. The van der Waals surface area contributed by atoms with Crippen molar-refractivity contribution in [2.24, 2.45) is 0 Å². The Morgan fingerprint density at radius 1 is 0.591 bits per heavy atom. The van der Waals surface area contributed by atoms with Crippen molar-refractivity contribution >= 4 is 0 Å². The molecule has 2 N–H and O–H groups in total. The number of rotatable bonds is 16. The molecule has 0 bridgehead atoms. The van der Waals surface area contributed by atoms with Crippen LogP contribution in [0.2, 0.25) is 0 Å². The Kier molecular flexibility index (Phi) is 27.5. The van der Waals surface area contributed by atoms with Gasteiger partial charge in [0.05, 0.1) is 6.26 Å². The van der Waals surface area contributed by atoms with Gasteiger partial charge in [-0.05, 0) is 6.42 Å². The first-order valence-electron chi connectivity index (χ1n) is 9.69. The van der Waals surface area contributed by atoms with Crippen molar-refractivity contribution in [3.8, 4) is 0 Å². The Morgan fingerprint density at radius 3 is 1.05 bits per heavy atom. The van der Waals surface area contributed by atoms with Crippen LogP contribution in [0, 0.1) is 0 Å². The van der Waals surface area contributed by atoms with Crippen LogP contribution in [0.15, 0.2) is 12.8 Å². The van der Waals surface area contributed by atoms with Gasteiger partial charge in [0.1, 0.15) is 0 Å². The highest BCUT2D eigenvalue weighted by Crippen LogP contribution is 2.13. The summed E-state index contributed by atoms with van der Waals surface area (Å²) in [4.78, 5) is 0. The van der Waals surface area contributed by atoms with Crippen LogP contribution < -0.4 is 0 Å². The molecule has 0 saturated carbocycles. The number of hydrogen-bond acceptors (Lipinski definition) is 2. The normalized spacial score (nSPS) is 10.1. The zero-order chi connectivity index (χ0) is 16.7. The molecule has 2 nitrogen and oxygen atoms in total. The smallest absolute Gasteiger partial charge is 0.0719 e. The zero-order valence-corrected chi connectivity index (χ0v) is 15.2. The number of aliphatic hydroxyl groups is 2. The van der Waals surface area contributed by atoms with Crippen molar-refractivity contribution in [3.05, 3.63) is 12.8 Å². The molecule has 2 heteroatoms. The number of aliphatic hydroxyl groups excluding tert-OH is 2. The van der Waals surface area contributed by atoms with Crippen LogP contribution in [0.4, 0.5) is 0 Å². The summed E-state index contributed by atoms with van der Waals surface area (Å²) >= 11 is 0. The fraction of sp³-hybridized carbons (Fsp3) is 0.900. The van der Waals surface area contributed by atoms with E-state index in [1.807, 2.05) is 0 Å². The maximum atomic E-state index is 8.67. The molecular formula is C20H42O2. The molecule has 0 aromatic rings. The van der Waals surface area contributed by atoms with E-state index in [9.17, 15) is 0 Å². The lowest BCUT2D eigenvalue weighted by atomic mass is 10.0. The van der Waals surface area contributed by atoms with Gasteiger partial charge in [-0.15, -0.1) is 0 Å². The highest BCUT2D eigenvalue weighted by atomic mass is 16.3. The van der Waals surface area contributed by atoms with Crippen LogP contribution in [0.5, 0.6) is 0 Å². The number of hydrogen-bond donors (Lipinski definition) is 2. The van der Waals surface area contributed by atoms with E-state index in [1.165, 1.54) is 96.3 Å². The molecule has 0 fully saturated rings. The molecule has 0 radical (unpaired) electrons. The van der Waals surface area contributed by atoms with Crippen LogP contribution in [0.25, 0.3) is 0 Å². The van der Waals surface area contributed by atoms with E-state index in [2.05, 4.69) is 13.5 Å². The van der Waals surface area contributed by atoms with Crippen LogP contribution in [0.3, 0.4) is 0 Å². The second-order valence-electron chi connectivity index (χ2n) is 6.21. The quantitative estimate of drug-likeness (QED) is 0.239. The van der Waals surface area contributed by atoms with Gasteiger partial charge >= 0.3 is 0 Å². The molecule has 0 aliphatic heterocycles. The molecule has 0 spiro atoms. The maximum absolute atomic E-state index is 8.67. The Morgan fingerprint density at radius 2 is 0.818 bits per heavy atom. The minimum Gasteiger partial charge on any atom is -0.516 e. The monoisotopic (exact) mass is 314 g/mol. The highest BCUT2D eigenvalue weighted by molar-refractivity contribution is 4.49. The molecule has 0 amide bonds. The molecule has 134 valence electrons. The third-order valence-corrected chi connectivity index (χ3v) is 4.01. The van der Waals surface area contributed by atoms with Crippen LogP contribution in [-0.4, -0.2) is 16.8 Å². The minimum atomic E-state index is 0.373. The van der Waals surface area contributed by atoms with Gasteiger partial charge in [0, 0.05) is 6.61 Å². The van der Waals surface area contributed by atoms with Gasteiger partial charge in [0.25, 0.3) is 0 Å². The van der Waals surface area contributed by atoms with Gasteiger partial charge in [-0.1, -0.05) is 110 Å². The van der Waals surface area contributed by atoms with E-state index < -0.39 is 0 Å². The fourth-order valence-electron chi connectivity index (χ4n) is 2.66. The summed E-state index contributed by atoms with van der Waals surface area (Å²) in [6, 6.07) is 0. The molecule has 0 rings (SSSR count). The van der Waals surface area contributed by atoms with Crippen LogP contribution in [0.1, 0.15) is 110 Å². The second-order valence-corrected chi connectivity index (χ2v) is 6.21. The molecule has 0 aliphatic carbocycles. The number of unbranched alkanes of at least 4 members (excludes halogenated alkanes) is 15. The van der Waals surface area contributed by atoms with E-state index in [0.717, 1.165) is 12.7 Å². The first-order chi connectivity index (χ1) is 10.8. The Bertz CT molecular complexity index is 165. The van der Waals surface area contributed by atoms with Gasteiger partial charge in [-0.3, -0.25) is 0 Å². The lowest BCUT2D eigenvalue weighted by molar-refractivity contribution is 0.282. The predicted octanol–water partition coefficient (Wildman–Crippen LogP) is 6.93. The summed E-state index contributed by atoms with van der Waals surface area (Å²) in [5, 5.41) is 16.0. The third kappa shape index (κ3) is 27.8. The van der Waals surface area contributed by atoms with Gasteiger partial charge in [0.15, 0.2) is 0 Å². The zero-order valence-electron chi connectivity index (χ0n) is 15.2. The van der Waals surface area contributed by atoms with E-state index in [1.54, 1.807) is 0 Å². The first kappa shape index (κ1) is 23.8. The molecule has 22 heavy (non-hydrogen) atoms. The summed E-state index contributed by atoms with van der Waals surface area (Å²) in [5.41, 5.74) is 0. The third-order valence-electron chi connectivity index (χ3n) is 4.01. The molecule has 0 aromatic heterocycles. The lowest BCUT2D eigenvalue weighted by Crippen LogP contribution is -1.85. The molecule has 0 heterocycles. The Labute approximate surface area is 140 Å². The fourth-order valence-corrected chi connectivity index (χ4v) is 2.66. The Hall–Kier alpha value is -0.500. The van der Waals surface area contributed by atoms with Crippen molar-refractivity contribution in [3.63, 3.8) is 0 Å². The summed E-state index contributed by atoms with van der Waals surface area (Å²) in [6.07, 6.45) is 22.9. The lowest BCUT2D eigenvalue weighted by Gasteiger charge is -2.03. The van der Waals surface area contributed by atoms with Crippen molar-refractivity contribution in [1.29, 1.82) is 0 Å². The van der Waals surface area contributed by atoms with E-state index in [0.29, 0.717) is 6.61 Å². The highest BCUT2D eigenvalue weighted by Gasteiger charge is 1.94. The van der Waals surface area contributed by atoms with Gasteiger partial charge in [0.2, 0.25) is 0 Å².